The van der Waals surface area contributed by atoms with Crippen molar-refractivity contribution in [2.24, 2.45) is 11.8 Å². The van der Waals surface area contributed by atoms with E-state index in [9.17, 15) is 35.7 Å². The Bertz CT molecular complexity index is 591. The topological polar surface area (TPSA) is 169 Å². The predicted molar refractivity (Wildman–Crippen MR) is 105 cm³/mol. The van der Waals surface area contributed by atoms with Crippen LogP contribution in [0.3, 0.4) is 0 Å². The molecule has 2 heterocycles. The third-order valence-electron chi connectivity index (χ3n) is 7.58. The zero-order valence-corrected chi connectivity index (χ0v) is 17.5. The SMILES string of the molecule is OCC1OC(OC2CC3CCC(O)CC3OC2C2CCC(O)C(O)C2)C(O)C(O)C1O. The van der Waals surface area contributed by atoms with Crippen LogP contribution in [0.5, 0.6) is 0 Å². The minimum Gasteiger partial charge on any atom is -0.394 e. The van der Waals surface area contributed by atoms with Crippen LogP contribution in [-0.4, -0.2) is 110 Å². The minimum atomic E-state index is -1.52. The summed E-state index contributed by atoms with van der Waals surface area (Å²) in [4.78, 5) is 0. The van der Waals surface area contributed by atoms with Crippen molar-refractivity contribution in [2.75, 3.05) is 6.61 Å². The number of hydrogen-bond donors (Lipinski definition) is 7. The summed E-state index contributed by atoms with van der Waals surface area (Å²) in [6.45, 7) is -0.537. The van der Waals surface area contributed by atoms with E-state index in [-0.39, 0.29) is 17.9 Å². The standard InChI is InChI=1S/C21H36O10/c22-8-16-17(26)18(27)19(28)21(31-16)30-15-6-9-1-3-11(23)7-14(9)29-20(15)10-2-4-12(24)13(25)5-10/h9-28H,1-8H2. The van der Waals surface area contributed by atoms with E-state index in [0.29, 0.717) is 38.5 Å². The summed E-state index contributed by atoms with van der Waals surface area (Å²) in [6, 6.07) is 0. The molecule has 0 radical (unpaired) electrons. The van der Waals surface area contributed by atoms with Gasteiger partial charge in [-0.3, -0.25) is 0 Å². The molecule has 2 aliphatic carbocycles. The van der Waals surface area contributed by atoms with Crippen LogP contribution in [0, 0.1) is 11.8 Å². The molecule has 31 heavy (non-hydrogen) atoms. The molecule has 0 spiro atoms. The molecule has 180 valence electrons. The van der Waals surface area contributed by atoms with E-state index >= 15 is 0 Å². The predicted octanol–water partition coefficient (Wildman–Crippen LogP) is -1.99. The van der Waals surface area contributed by atoms with Gasteiger partial charge in [0, 0.05) is 0 Å². The Balaban J connectivity index is 1.51. The molecule has 0 aromatic carbocycles. The van der Waals surface area contributed by atoms with Crippen molar-refractivity contribution >= 4 is 0 Å². The maximum Gasteiger partial charge on any atom is 0.187 e. The average molecular weight is 449 g/mol. The van der Waals surface area contributed by atoms with Gasteiger partial charge >= 0.3 is 0 Å². The fraction of sp³-hybridized carbons (Fsp3) is 1.00. The summed E-state index contributed by atoms with van der Waals surface area (Å²) in [5.41, 5.74) is 0. The molecule has 0 bridgehead atoms. The Morgan fingerprint density at radius 3 is 2.16 bits per heavy atom. The van der Waals surface area contributed by atoms with E-state index in [0.717, 1.165) is 6.42 Å². The smallest absolute Gasteiger partial charge is 0.187 e. The van der Waals surface area contributed by atoms with Crippen molar-refractivity contribution in [3.63, 3.8) is 0 Å². The Kier molecular flexibility index (Phi) is 7.54. The number of hydrogen-bond acceptors (Lipinski definition) is 10. The number of aliphatic hydroxyl groups excluding tert-OH is 7. The van der Waals surface area contributed by atoms with Crippen LogP contribution in [0.2, 0.25) is 0 Å². The highest BCUT2D eigenvalue weighted by molar-refractivity contribution is 4.96. The van der Waals surface area contributed by atoms with E-state index in [2.05, 4.69) is 0 Å². The van der Waals surface area contributed by atoms with Gasteiger partial charge in [-0.2, -0.15) is 0 Å². The third-order valence-corrected chi connectivity index (χ3v) is 7.58. The van der Waals surface area contributed by atoms with Crippen molar-refractivity contribution < 1.29 is 50.0 Å². The molecule has 4 fully saturated rings. The second-order valence-corrected chi connectivity index (χ2v) is 9.68. The maximum atomic E-state index is 10.4. The molecule has 13 unspecified atom stereocenters. The molecule has 0 aromatic rings. The Morgan fingerprint density at radius 2 is 1.45 bits per heavy atom. The van der Waals surface area contributed by atoms with E-state index in [1.807, 2.05) is 0 Å². The highest BCUT2D eigenvalue weighted by Gasteiger charge is 2.50. The molecular weight excluding hydrogens is 412 g/mol. The first-order chi connectivity index (χ1) is 14.8. The van der Waals surface area contributed by atoms with Crippen LogP contribution in [-0.2, 0) is 14.2 Å². The fourth-order valence-electron chi connectivity index (χ4n) is 5.69. The number of aliphatic hydroxyl groups is 7. The molecule has 4 rings (SSSR count). The second-order valence-electron chi connectivity index (χ2n) is 9.68. The molecular formula is C21H36O10. The zero-order chi connectivity index (χ0) is 22.3. The lowest BCUT2D eigenvalue weighted by Gasteiger charge is -2.50. The summed E-state index contributed by atoms with van der Waals surface area (Å²) in [5, 5.41) is 70.2. The van der Waals surface area contributed by atoms with Gasteiger partial charge < -0.3 is 50.0 Å². The van der Waals surface area contributed by atoms with E-state index in [4.69, 9.17) is 14.2 Å². The van der Waals surface area contributed by atoms with Crippen molar-refractivity contribution in [1.82, 2.24) is 0 Å². The summed E-state index contributed by atoms with van der Waals surface area (Å²) in [7, 11) is 0. The second kappa shape index (κ2) is 9.84. The Hall–Kier alpha value is -0.400. The molecule has 0 aromatic heterocycles. The lowest BCUT2D eigenvalue weighted by Crippen LogP contribution is -2.61. The quantitative estimate of drug-likeness (QED) is 0.256. The van der Waals surface area contributed by atoms with Crippen LogP contribution >= 0.6 is 0 Å². The van der Waals surface area contributed by atoms with Gasteiger partial charge in [-0.25, -0.2) is 0 Å². The molecule has 2 saturated heterocycles. The minimum absolute atomic E-state index is 0.0895. The van der Waals surface area contributed by atoms with Crippen LogP contribution in [0.25, 0.3) is 0 Å². The van der Waals surface area contributed by atoms with Gasteiger partial charge in [0.15, 0.2) is 6.29 Å². The molecule has 7 N–H and O–H groups in total. The zero-order valence-electron chi connectivity index (χ0n) is 17.5. The number of rotatable bonds is 4. The van der Waals surface area contributed by atoms with Crippen molar-refractivity contribution in [3.8, 4) is 0 Å². The maximum absolute atomic E-state index is 10.4. The van der Waals surface area contributed by atoms with Gasteiger partial charge in [0.2, 0.25) is 0 Å². The van der Waals surface area contributed by atoms with Crippen LogP contribution in [0.4, 0.5) is 0 Å². The normalized spacial score (nSPS) is 53.7. The first-order valence-corrected chi connectivity index (χ1v) is 11.4. The molecule has 10 nitrogen and oxygen atoms in total. The summed E-state index contributed by atoms with van der Waals surface area (Å²) >= 11 is 0. The molecule has 4 aliphatic rings. The van der Waals surface area contributed by atoms with Gasteiger partial charge in [0.25, 0.3) is 0 Å². The third kappa shape index (κ3) is 4.93. The molecule has 13 atom stereocenters. The van der Waals surface area contributed by atoms with Crippen molar-refractivity contribution in [3.05, 3.63) is 0 Å². The van der Waals surface area contributed by atoms with Crippen molar-refractivity contribution in [2.45, 2.75) is 112 Å². The first kappa shape index (κ1) is 23.7. The Morgan fingerprint density at radius 1 is 0.710 bits per heavy atom. The van der Waals surface area contributed by atoms with E-state index in [1.165, 1.54) is 0 Å². The highest BCUT2D eigenvalue weighted by atomic mass is 16.7. The van der Waals surface area contributed by atoms with Gasteiger partial charge in [0.05, 0.1) is 43.2 Å². The van der Waals surface area contributed by atoms with Crippen LogP contribution in [0.15, 0.2) is 0 Å². The first-order valence-electron chi connectivity index (χ1n) is 11.4. The monoisotopic (exact) mass is 448 g/mol. The van der Waals surface area contributed by atoms with Gasteiger partial charge in [-0.15, -0.1) is 0 Å². The van der Waals surface area contributed by atoms with Crippen LogP contribution < -0.4 is 0 Å². The molecule has 2 aliphatic heterocycles. The summed E-state index contributed by atoms with van der Waals surface area (Å²) < 4.78 is 18.1. The van der Waals surface area contributed by atoms with E-state index in [1.54, 1.807) is 0 Å². The van der Waals surface area contributed by atoms with Gasteiger partial charge in [-0.1, -0.05) is 0 Å². The molecule has 10 heteroatoms. The van der Waals surface area contributed by atoms with Gasteiger partial charge in [-0.05, 0) is 56.8 Å². The van der Waals surface area contributed by atoms with Gasteiger partial charge in [0.1, 0.15) is 24.4 Å². The lowest BCUT2D eigenvalue weighted by molar-refractivity contribution is -0.331. The summed E-state index contributed by atoms with van der Waals surface area (Å²) in [6.07, 6.45) is -5.91. The highest BCUT2D eigenvalue weighted by Crippen LogP contribution is 2.43. The number of ether oxygens (including phenoxy) is 3. The van der Waals surface area contributed by atoms with E-state index < -0.39 is 67.8 Å². The average Bonchev–Trinajstić information content (AvgIpc) is 2.75. The largest absolute Gasteiger partial charge is 0.394 e. The number of fused-ring (bicyclic) bond motifs is 1. The van der Waals surface area contributed by atoms with Crippen molar-refractivity contribution in [1.29, 1.82) is 0 Å². The lowest BCUT2D eigenvalue weighted by atomic mass is 9.73. The summed E-state index contributed by atoms with van der Waals surface area (Å²) in [5.74, 6) is 0.0712. The fourth-order valence-corrected chi connectivity index (χ4v) is 5.69. The molecule has 2 saturated carbocycles. The van der Waals surface area contributed by atoms with Crippen LogP contribution in [0.1, 0.15) is 44.9 Å². The Labute approximate surface area is 181 Å². The molecule has 0 amide bonds.